The van der Waals surface area contributed by atoms with Gasteiger partial charge in [-0.15, -0.1) is 11.6 Å². The summed E-state index contributed by atoms with van der Waals surface area (Å²) < 4.78 is 62.7. The first-order valence-electron chi connectivity index (χ1n) is 4.16. The molecule has 2 nitrogen and oxygen atoms in total. The van der Waals surface area contributed by atoms with Crippen molar-refractivity contribution in [1.29, 1.82) is 5.26 Å². The van der Waals surface area contributed by atoms with E-state index >= 15 is 0 Å². The summed E-state index contributed by atoms with van der Waals surface area (Å²) in [6.45, 7) is 0. The number of alkyl halides is 6. The zero-order valence-corrected chi connectivity index (χ0v) is 8.78. The molecule has 0 spiro atoms. The fourth-order valence-corrected chi connectivity index (χ4v) is 1.46. The smallest absolute Gasteiger partial charge is 0.259 e. The first-order valence-corrected chi connectivity index (χ1v) is 4.69. The number of rotatable bonds is 2. The van der Waals surface area contributed by atoms with Crippen molar-refractivity contribution in [2.75, 3.05) is 0 Å². The Kier molecular flexibility index (Phi) is 3.88. The van der Waals surface area contributed by atoms with Gasteiger partial charge in [-0.3, -0.25) is 4.98 Å². The summed E-state index contributed by atoms with van der Waals surface area (Å²) in [6.07, 6.45) is -7.62. The molecule has 0 atom stereocenters. The van der Waals surface area contributed by atoms with Crippen LogP contribution in [0.2, 0.25) is 0 Å². The van der Waals surface area contributed by atoms with Crippen LogP contribution in [0.25, 0.3) is 0 Å². The number of hydrogen-bond donors (Lipinski definition) is 0. The molecule has 92 valence electrons. The Hall–Kier alpha value is -1.42. The summed E-state index contributed by atoms with van der Waals surface area (Å²) in [5, 5.41) is 8.58. The molecule has 1 heterocycles. The van der Waals surface area contributed by atoms with Gasteiger partial charge in [0.05, 0.1) is 28.3 Å². The van der Waals surface area contributed by atoms with Crippen molar-refractivity contribution >= 4 is 11.6 Å². The maximum Gasteiger partial charge on any atom is 0.419 e. The van der Waals surface area contributed by atoms with Gasteiger partial charge in [0, 0.05) is 6.20 Å². The minimum Gasteiger partial charge on any atom is -0.259 e. The van der Waals surface area contributed by atoms with Crippen LogP contribution in [0.15, 0.2) is 6.20 Å². The van der Waals surface area contributed by atoms with Crippen molar-refractivity contribution in [2.45, 2.75) is 18.5 Å². The molecule has 0 aliphatic carbocycles. The molecule has 0 unspecified atom stereocenters. The third kappa shape index (κ3) is 2.64. The van der Waals surface area contributed by atoms with Crippen LogP contribution in [0, 0.1) is 11.3 Å². The highest BCUT2D eigenvalue weighted by Crippen LogP contribution is 2.37. The Bertz CT molecular complexity index is 464. The van der Waals surface area contributed by atoms with E-state index in [0.717, 1.165) is 6.07 Å². The van der Waals surface area contributed by atoms with Gasteiger partial charge in [-0.05, 0) is 0 Å². The van der Waals surface area contributed by atoms with E-state index in [1.54, 1.807) is 0 Å². The highest BCUT2D eigenvalue weighted by Gasteiger charge is 2.39. The van der Waals surface area contributed by atoms with E-state index in [-0.39, 0.29) is 0 Å². The first kappa shape index (κ1) is 13.6. The van der Waals surface area contributed by atoms with E-state index in [1.165, 1.54) is 0 Å². The van der Waals surface area contributed by atoms with E-state index in [9.17, 15) is 22.0 Å². The molecule has 0 saturated heterocycles. The zero-order valence-electron chi connectivity index (χ0n) is 8.02. The third-order valence-electron chi connectivity index (χ3n) is 1.94. The van der Waals surface area contributed by atoms with Crippen molar-refractivity contribution in [3.8, 4) is 6.07 Å². The standard InChI is InChI=1S/C9H4ClF5N2/c10-1-6-7(9(13,14)15)4(2-16)5(3-17-6)8(11)12/h3,8H,1H2. The molecule has 17 heavy (non-hydrogen) atoms. The summed E-state index contributed by atoms with van der Waals surface area (Å²) in [5.74, 6) is -0.618. The molecule has 0 bridgehead atoms. The summed E-state index contributed by atoms with van der Waals surface area (Å²) in [5.41, 5.74) is -4.31. The minimum absolute atomic E-state index is 0.538. The molecule has 1 rings (SSSR count). The number of aromatic nitrogens is 1. The van der Waals surface area contributed by atoms with Crippen LogP contribution in [0.5, 0.6) is 0 Å². The molecule has 0 amide bonds. The van der Waals surface area contributed by atoms with Crippen LogP contribution in [0.3, 0.4) is 0 Å². The molecule has 1 aromatic rings. The molecule has 0 fully saturated rings. The second-order valence-corrected chi connectivity index (χ2v) is 3.22. The lowest BCUT2D eigenvalue weighted by atomic mass is 10.0. The van der Waals surface area contributed by atoms with E-state index in [0.29, 0.717) is 6.20 Å². The monoisotopic (exact) mass is 270 g/mol. The molecule has 0 aliphatic rings. The van der Waals surface area contributed by atoms with Crippen molar-refractivity contribution in [3.05, 3.63) is 28.6 Å². The highest BCUT2D eigenvalue weighted by molar-refractivity contribution is 6.17. The van der Waals surface area contributed by atoms with Gasteiger partial charge in [0.15, 0.2) is 0 Å². The molecular formula is C9H4ClF5N2. The maximum atomic E-state index is 12.6. The fourth-order valence-electron chi connectivity index (χ4n) is 1.26. The van der Waals surface area contributed by atoms with Crippen LogP contribution in [-0.2, 0) is 12.1 Å². The molecular weight excluding hydrogens is 267 g/mol. The molecule has 0 radical (unpaired) electrons. The predicted octanol–water partition coefficient (Wildman–Crippen LogP) is 3.65. The van der Waals surface area contributed by atoms with Crippen LogP contribution in [-0.4, -0.2) is 4.98 Å². The average molecular weight is 271 g/mol. The van der Waals surface area contributed by atoms with Gasteiger partial charge in [-0.2, -0.15) is 18.4 Å². The van der Waals surface area contributed by atoms with Crippen LogP contribution in [0.4, 0.5) is 22.0 Å². The van der Waals surface area contributed by atoms with Gasteiger partial charge in [0.2, 0.25) is 0 Å². The van der Waals surface area contributed by atoms with Crippen molar-refractivity contribution in [2.24, 2.45) is 0 Å². The van der Waals surface area contributed by atoms with E-state index in [1.807, 2.05) is 0 Å². The second-order valence-electron chi connectivity index (χ2n) is 2.95. The normalized spacial score (nSPS) is 11.6. The van der Waals surface area contributed by atoms with Crippen LogP contribution >= 0.6 is 11.6 Å². The van der Waals surface area contributed by atoms with Gasteiger partial charge >= 0.3 is 6.18 Å². The minimum atomic E-state index is -4.95. The van der Waals surface area contributed by atoms with Crippen molar-refractivity contribution in [3.63, 3.8) is 0 Å². The SMILES string of the molecule is N#Cc1c(C(F)F)cnc(CCl)c1C(F)(F)F. The predicted molar refractivity (Wildman–Crippen MR) is 48.5 cm³/mol. The van der Waals surface area contributed by atoms with E-state index in [2.05, 4.69) is 4.98 Å². The molecule has 1 aromatic heterocycles. The maximum absolute atomic E-state index is 12.6. The highest BCUT2D eigenvalue weighted by atomic mass is 35.5. The third-order valence-corrected chi connectivity index (χ3v) is 2.20. The molecule has 8 heteroatoms. The second kappa shape index (κ2) is 4.84. The summed E-state index contributed by atoms with van der Waals surface area (Å²) in [7, 11) is 0. The Labute approximate surface area is 97.6 Å². The average Bonchev–Trinajstić information content (AvgIpc) is 2.25. The van der Waals surface area contributed by atoms with Crippen LogP contribution < -0.4 is 0 Å². The number of nitriles is 1. The Morgan fingerprint density at radius 2 is 2.00 bits per heavy atom. The lowest BCUT2D eigenvalue weighted by Crippen LogP contribution is -2.15. The fraction of sp³-hybridized carbons (Fsp3) is 0.333. The molecule has 0 saturated carbocycles. The van der Waals surface area contributed by atoms with Gasteiger partial charge in [0.25, 0.3) is 6.43 Å². The largest absolute Gasteiger partial charge is 0.419 e. The summed E-state index contributed by atoms with van der Waals surface area (Å²) >= 11 is 5.24. The summed E-state index contributed by atoms with van der Waals surface area (Å²) in [6, 6.07) is 1.13. The number of nitrogens with zero attached hydrogens (tertiary/aromatic N) is 2. The Balaban J connectivity index is 3.63. The topological polar surface area (TPSA) is 36.7 Å². The lowest BCUT2D eigenvalue weighted by Gasteiger charge is -2.14. The van der Waals surface area contributed by atoms with Gasteiger partial charge in [0.1, 0.15) is 6.07 Å². The lowest BCUT2D eigenvalue weighted by molar-refractivity contribution is -0.138. The number of halogens is 6. The molecule has 0 aliphatic heterocycles. The molecule has 0 N–H and O–H groups in total. The van der Waals surface area contributed by atoms with Crippen molar-refractivity contribution in [1.82, 2.24) is 4.98 Å². The number of pyridine rings is 1. The summed E-state index contributed by atoms with van der Waals surface area (Å²) in [4.78, 5) is 3.21. The Morgan fingerprint density at radius 1 is 1.41 bits per heavy atom. The van der Waals surface area contributed by atoms with E-state index < -0.39 is 40.9 Å². The quantitative estimate of drug-likeness (QED) is 0.607. The molecule has 0 aromatic carbocycles. The Morgan fingerprint density at radius 3 is 2.35 bits per heavy atom. The first-order chi connectivity index (χ1) is 7.82. The van der Waals surface area contributed by atoms with Crippen molar-refractivity contribution < 1.29 is 22.0 Å². The van der Waals surface area contributed by atoms with Gasteiger partial charge < -0.3 is 0 Å². The zero-order chi connectivity index (χ0) is 13.2. The van der Waals surface area contributed by atoms with Crippen LogP contribution in [0.1, 0.15) is 28.8 Å². The van der Waals surface area contributed by atoms with Gasteiger partial charge in [-0.1, -0.05) is 0 Å². The van der Waals surface area contributed by atoms with Gasteiger partial charge in [-0.25, -0.2) is 8.78 Å². The number of hydrogen-bond acceptors (Lipinski definition) is 2. The van der Waals surface area contributed by atoms with E-state index in [4.69, 9.17) is 16.9 Å².